The predicted octanol–water partition coefficient (Wildman–Crippen LogP) is 1.70. The van der Waals surface area contributed by atoms with Crippen LogP contribution in [0.15, 0.2) is 0 Å². The number of hydrogen-bond acceptors (Lipinski definition) is 2. The van der Waals surface area contributed by atoms with Crippen molar-refractivity contribution in [1.82, 2.24) is 5.32 Å². The van der Waals surface area contributed by atoms with E-state index in [-0.39, 0.29) is 6.42 Å². The fraction of sp³-hybridized carbons (Fsp3) is 0.800. The molecule has 98 valence electrons. The summed E-state index contributed by atoms with van der Waals surface area (Å²) in [6.07, 6.45) is -2.31. The number of amides is 1. The van der Waals surface area contributed by atoms with Crippen molar-refractivity contribution in [2.45, 2.75) is 44.3 Å². The Hall–Kier alpha value is -1.27. The Morgan fingerprint density at radius 3 is 2.24 bits per heavy atom. The van der Waals surface area contributed by atoms with Crippen molar-refractivity contribution in [3.05, 3.63) is 0 Å². The Labute approximate surface area is 96.2 Å². The zero-order chi connectivity index (χ0) is 13.1. The van der Waals surface area contributed by atoms with Crippen LogP contribution >= 0.6 is 0 Å². The molecule has 7 heteroatoms. The molecule has 1 fully saturated rings. The van der Waals surface area contributed by atoms with E-state index < -0.39 is 30.0 Å². The maximum absolute atomic E-state index is 12.1. The van der Waals surface area contributed by atoms with Gasteiger partial charge in [-0.25, -0.2) is 0 Å². The standard InChI is InChI=1S/C10H14F3NO3/c11-10(12,13)9(17)14-7-5-3-1-2-4-6(7)8(15)16/h6-7H,1-5H2,(H,14,17)(H,15,16). The highest BCUT2D eigenvalue weighted by molar-refractivity contribution is 5.82. The monoisotopic (exact) mass is 253 g/mol. The molecule has 0 heterocycles. The number of aliphatic carboxylic acids is 1. The molecule has 1 rings (SSSR count). The van der Waals surface area contributed by atoms with Gasteiger partial charge in [-0.2, -0.15) is 13.2 Å². The van der Waals surface area contributed by atoms with Crippen molar-refractivity contribution in [3.63, 3.8) is 0 Å². The summed E-state index contributed by atoms with van der Waals surface area (Å²) in [5, 5.41) is 10.7. The van der Waals surface area contributed by atoms with Gasteiger partial charge in [0.15, 0.2) is 0 Å². The van der Waals surface area contributed by atoms with Crippen LogP contribution < -0.4 is 5.32 Å². The first-order valence-corrected chi connectivity index (χ1v) is 5.43. The van der Waals surface area contributed by atoms with E-state index in [1.807, 2.05) is 0 Å². The van der Waals surface area contributed by atoms with Gasteiger partial charge in [-0.3, -0.25) is 9.59 Å². The summed E-state index contributed by atoms with van der Waals surface area (Å²) in [7, 11) is 0. The van der Waals surface area contributed by atoms with Gasteiger partial charge in [-0.15, -0.1) is 0 Å². The van der Waals surface area contributed by atoms with Crippen LogP contribution in [0, 0.1) is 5.92 Å². The van der Waals surface area contributed by atoms with Gasteiger partial charge in [0.2, 0.25) is 0 Å². The molecule has 2 atom stereocenters. The van der Waals surface area contributed by atoms with Crippen molar-refractivity contribution in [2.75, 3.05) is 0 Å². The normalized spacial score (nSPS) is 26.1. The van der Waals surface area contributed by atoms with E-state index >= 15 is 0 Å². The Kier molecular flexibility index (Phi) is 4.36. The molecule has 0 radical (unpaired) electrons. The minimum absolute atomic E-state index is 0.277. The first-order valence-electron chi connectivity index (χ1n) is 5.43. The second-order valence-electron chi connectivity index (χ2n) is 4.16. The molecule has 0 bridgehead atoms. The summed E-state index contributed by atoms with van der Waals surface area (Å²) in [6, 6.07) is -0.927. The van der Waals surface area contributed by atoms with Crippen molar-refractivity contribution < 1.29 is 27.9 Å². The van der Waals surface area contributed by atoms with E-state index in [9.17, 15) is 22.8 Å². The number of halogens is 3. The molecule has 0 spiro atoms. The summed E-state index contributed by atoms with van der Waals surface area (Å²) in [5.74, 6) is -4.14. The highest BCUT2D eigenvalue weighted by Crippen LogP contribution is 2.25. The van der Waals surface area contributed by atoms with E-state index in [1.165, 1.54) is 0 Å². The fourth-order valence-electron chi connectivity index (χ4n) is 2.03. The lowest BCUT2D eigenvalue weighted by atomic mass is 9.95. The number of carbonyl (C=O) groups is 2. The van der Waals surface area contributed by atoms with Gasteiger partial charge in [-0.1, -0.05) is 19.3 Å². The summed E-state index contributed by atoms with van der Waals surface area (Å²) < 4.78 is 36.2. The molecule has 0 aromatic rings. The third-order valence-electron chi connectivity index (χ3n) is 2.91. The van der Waals surface area contributed by atoms with Gasteiger partial charge in [0.05, 0.1) is 5.92 Å². The zero-order valence-electron chi connectivity index (χ0n) is 9.09. The molecule has 1 aliphatic rings. The van der Waals surface area contributed by atoms with Crippen LogP contribution in [0.3, 0.4) is 0 Å². The number of nitrogens with one attached hydrogen (secondary N) is 1. The van der Waals surface area contributed by atoms with Crippen molar-refractivity contribution >= 4 is 11.9 Å². The molecular weight excluding hydrogens is 239 g/mol. The highest BCUT2D eigenvalue weighted by atomic mass is 19.4. The molecule has 0 aliphatic heterocycles. The number of carboxylic acid groups (broad SMARTS) is 1. The molecule has 0 aromatic carbocycles. The average molecular weight is 253 g/mol. The van der Waals surface area contributed by atoms with E-state index in [0.29, 0.717) is 19.3 Å². The van der Waals surface area contributed by atoms with Crippen LogP contribution in [-0.2, 0) is 9.59 Å². The lowest BCUT2D eigenvalue weighted by molar-refractivity contribution is -0.175. The molecule has 1 amide bonds. The van der Waals surface area contributed by atoms with Crippen LogP contribution in [-0.4, -0.2) is 29.2 Å². The third kappa shape index (κ3) is 3.90. The average Bonchev–Trinajstić information content (AvgIpc) is 2.41. The quantitative estimate of drug-likeness (QED) is 0.736. The molecule has 4 nitrogen and oxygen atoms in total. The minimum Gasteiger partial charge on any atom is -0.481 e. The third-order valence-corrected chi connectivity index (χ3v) is 2.91. The summed E-state index contributed by atoms with van der Waals surface area (Å²) in [5.41, 5.74) is 0. The van der Waals surface area contributed by atoms with Gasteiger partial charge in [0.25, 0.3) is 0 Å². The molecule has 2 unspecified atom stereocenters. The summed E-state index contributed by atoms with van der Waals surface area (Å²) >= 11 is 0. The minimum atomic E-state index is -4.96. The van der Waals surface area contributed by atoms with E-state index in [2.05, 4.69) is 0 Å². The Morgan fingerprint density at radius 1 is 1.12 bits per heavy atom. The van der Waals surface area contributed by atoms with E-state index in [1.54, 1.807) is 5.32 Å². The second-order valence-corrected chi connectivity index (χ2v) is 4.16. The summed E-state index contributed by atoms with van der Waals surface area (Å²) in [6.45, 7) is 0. The number of carbonyl (C=O) groups excluding carboxylic acids is 1. The number of hydrogen-bond donors (Lipinski definition) is 2. The van der Waals surface area contributed by atoms with Gasteiger partial charge >= 0.3 is 18.1 Å². The fourth-order valence-corrected chi connectivity index (χ4v) is 2.03. The highest BCUT2D eigenvalue weighted by Gasteiger charge is 2.41. The Balaban J connectivity index is 2.70. The SMILES string of the molecule is O=C(O)C1CCCCCC1NC(=O)C(F)(F)F. The van der Waals surface area contributed by atoms with Crippen molar-refractivity contribution in [1.29, 1.82) is 0 Å². The van der Waals surface area contributed by atoms with Gasteiger partial charge in [0, 0.05) is 6.04 Å². The zero-order valence-corrected chi connectivity index (χ0v) is 9.09. The van der Waals surface area contributed by atoms with Gasteiger partial charge in [-0.05, 0) is 12.8 Å². The molecule has 17 heavy (non-hydrogen) atoms. The largest absolute Gasteiger partial charge is 0.481 e. The van der Waals surface area contributed by atoms with Crippen LogP contribution in [0.5, 0.6) is 0 Å². The molecule has 2 N–H and O–H groups in total. The van der Waals surface area contributed by atoms with Crippen LogP contribution in [0.4, 0.5) is 13.2 Å². The van der Waals surface area contributed by atoms with E-state index in [4.69, 9.17) is 5.11 Å². The summed E-state index contributed by atoms with van der Waals surface area (Å²) in [4.78, 5) is 21.7. The topological polar surface area (TPSA) is 66.4 Å². The first kappa shape index (κ1) is 13.8. The molecular formula is C10H14F3NO3. The molecule has 1 aliphatic carbocycles. The van der Waals surface area contributed by atoms with Gasteiger partial charge < -0.3 is 10.4 Å². The van der Waals surface area contributed by atoms with Gasteiger partial charge in [0.1, 0.15) is 0 Å². The maximum Gasteiger partial charge on any atom is 0.471 e. The smallest absolute Gasteiger partial charge is 0.471 e. The first-order chi connectivity index (χ1) is 7.82. The maximum atomic E-state index is 12.1. The second kappa shape index (κ2) is 5.37. The lowest BCUT2D eigenvalue weighted by Crippen LogP contribution is -2.47. The Bertz CT molecular complexity index is 304. The van der Waals surface area contributed by atoms with Crippen molar-refractivity contribution in [2.24, 2.45) is 5.92 Å². The van der Waals surface area contributed by atoms with Crippen LogP contribution in [0.1, 0.15) is 32.1 Å². The predicted molar refractivity (Wildman–Crippen MR) is 52.2 cm³/mol. The molecule has 0 saturated heterocycles. The van der Waals surface area contributed by atoms with E-state index in [0.717, 1.165) is 6.42 Å². The van der Waals surface area contributed by atoms with Crippen LogP contribution in [0.25, 0.3) is 0 Å². The number of rotatable bonds is 2. The Morgan fingerprint density at radius 2 is 1.71 bits per heavy atom. The number of alkyl halides is 3. The molecule has 1 saturated carbocycles. The lowest BCUT2D eigenvalue weighted by Gasteiger charge is -2.23. The van der Waals surface area contributed by atoms with Crippen molar-refractivity contribution in [3.8, 4) is 0 Å². The molecule has 0 aromatic heterocycles. The van der Waals surface area contributed by atoms with Crippen LogP contribution in [0.2, 0.25) is 0 Å². The number of carboxylic acids is 1.